The van der Waals surface area contributed by atoms with Crippen molar-refractivity contribution >= 4 is 11.9 Å². The number of rotatable bonds is 2. The van der Waals surface area contributed by atoms with E-state index in [1.807, 2.05) is 0 Å². The van der Waals surface area contributed by atoms with Crippen molar-refractivity contribution in [3.05, 3.63) is 12.0 Å². The minimum Gasteiger partial charge on any atom is -0.429 e. The molecule has 0 saturated carbocycles. The highest BCUT2D eigenvalue weighted by atomic mass is 16.4. The third kappa shape index (κ3) is 2.66. The Hall–Kier alpha value is -1.36. The van der Waals surface area contributed by atoms with Crippen LogP contribution >= 0.6 is 0 Å². The molecule has 1 fully saturated rings. The molecule has 0 radical (unpaired) electrons. The van der Waals surface area contributed by atoms with E-state index in [1.54, 1.807) is 13.1 Å². The topological polar surface area (TPSA) is 58.4 Å². The zero-order chi connectivity index (χ0) is 12.6. The van der Waals surface area contributed by atoms with Crippen LogP contribution in [0.1, 0.15) is 26.5 Å². The van der Waals surface area contributed by atoms with Crippen LogP contribution in [0.2, 0.25) is 0 Å². The Morgan fingerprint density at radius 1 is 1.53 bits per heavy atom. The lowest BCUT2D eigenvalue weighted by atomic mass is 9.92. The summed E-state index contributed by atoms with van der Waals surface area (Å²) in [6.45, 7) is 9.85. The van der Waals surface area contributed by atoms with Crippen molar-refractivity contribution in [3.63, 3.8) is 0 Å². The van der Waals surface area contributed by atoms with Crippen molar-refractivity contribution in [2.45, 2.75) is 33.2 Å². The van der Waals surface area contributed by atoms with E-state index >= 15 is 0 Å². The number of amides is 1. The standard InChI is InChI=1S/C12H19N3O2/c1-8-5-13-11(17-8)14-10(16)9-6-15(7-9)12(2,3)4/h5,9H,6-7H2,1-4H3,(H,13,14,16). The Morgan fingerprint density at radius 2 is 2.18 bits per heavy atom. The summed E-state index contributed by atoms with van der Waals surface area (Å²) in [6.07, 6.45) is 1.60. The van der Waals surface area contributed by atoms with Gasteiger partial charge in [-0.2, -0.15) is 0 Å². The lowest BCUT2D eigenvalue weighted by Crippen LogP contribution is -2.59. The number of carbonyl (C=O) groups is 1. The smallest absolute Gasteiger partial charge is 0.301 e. The summed E-state index contributed by atoms with van der Waals surface area (Å²) in [6, 6.07) is 0.293. The van der Waals surface area contributed by atoms with Gasteiger partial charge in [-0.15, -0.1) is 0 Å². The van der Waals surface area contributed by atoms with Gasteiger partial charge in [0.05, 0.1) is 12.1 Å². The zero-order valence-corrected chi connectivity index (χ0v) is 10.8. The number of likely N-dealkylation sites (tertiary alicyclic amines) is 1. The molecule has 0 aliphatic carbocycles. The van der Waals surface area contributed by atoms with Gasteiger partial charge in [0.1, 0.15) is 5.76 Å². The number of nitrogens with one attached hydrogen (secondary N) is 1. The van der Waals surface area contributed by atoms with Crippen LogP contribution in [0.15, 0.2) is 10.6 Å². The Kier molecular flexibility index (Phi) is 2.95. The molecule has 0 atom stereocenters. The second kappa shape index (κ2) is 4.14. The number of hydrogen-bond acceptors (Lipinski definition) is 4. The summed E-state index contributed by atoms with van der Waals surface area (Å²) in [5, 5.41) is 2.69. The Morgan fingerprint density at radius 3 is 2.65 bits per heavy atom. The third-order valence-electron chi connectivity index (χ3n) is 3.05. The van der Waals surface area contributed by atoms with E-state index in [0.717, 1.165) is 13.1 Å². The van der Waals surface area contributed by atoms with E-state index in [0.29, 0.717) is 11.8 Å². The average molecular weight is 237 g/mol. The van der Waals surface area contributed by atoms with Crippen LogP contribution in [-0.2, 0) is 4.79 Å². The molecule has 0 aromatic carbocycles. The molecule has 1 aromatic rings. The molecule has 5 nitrogen and oxygen atoms in total. The SMILES string of the molecule is Cc1cnc(NC(=O)C2CN(C(C)(C)C)C2)o1. The molecule has 0 bridgehead atoms. The highest BCUT2D eigenvalue weighted by Crippen LogP contribution is 2.26. The Balaban J connectivity index is 1.84. The molecule has 17 heavy (non-hydrogen) atoms. The quantitative estimate of drug-likeness (QED) is 0.849. The lowest BCUT2D eigenvalue weighted by molar-refractivity contribution is -0.127. The van der Waals surface area contributed by atoms with Gasteiger partial charge in [-0.05, 0) is 27.7 Å². The van der Waals surface area contributed by atoms with Crippen molar-refractivity contribution in [2.75, 3.05) is 18.4 Å². The molecule has 2 heterocycles. The maximum Gasteiger partial charge on any atom is 0.301 e. The second-order valence-electron chi connectivity index (χ2n) is 5.54. The molecule has 1 amide bonds. The molecule has 1 aliphatic rings. The van der Waals surface area contributed by atoms with Crippen LogP contribution in [0, 0.1) is 12.8 Å². The fourth-order valence-electron chi connectivity index (χ4n) is 1.81. The van der Waals surface area contributed by atoms with Gasteiger partial charge in [0.25, 0.3) is 0 Å². The summed E-state index contributed by atoms with van der Waals surface area (Å²) < 4.78 is 5.21. The summed E-state index contributed by atoms with van der Waals surface area (Å²) in [5.74, 6) is 0.735. The van der Waals surface area contributed by atoms with E-state index in [-0.39, 0.29) is 17.4 Å². The normalized spacial score (nSPS) is 17.9. The van der Waals surface area contributed by atoms with E-state index in [9.17, 15) is 4.79 Å². The van der Waals surface area contributed by atoms with Crippen LogP contribution in [0.5, 0.6) is 0 Å². The highest BCUT2D eigenvalue weighted by molar-refractivity contribution is 5.91. The minimum absolute atomic E-state index is 0.00708. The van der Waals surface area contributed by atoms with Crippen LogP contribution in [-0.4, -0.2) is 34.4 Å². The molecule has 94 valence electrons. The number of nitrogens with zero attached hydrogens (tertiary/aromatic N) is 2. The first kappa shape index (κ1) is 12.1. The van der Waals surface area contributed by atoms with E-state index in [1.165, 1.54) is 0 Å². The van der Waals surface area contributed by atoms with Gasteiger partial charge in [0.2, 0.25) is 5.91 Å². The van der Waals surface area contributed by atoms with Gasteiger partial charge in [-0.1, -0.05) is 0 Å². The number of anilines is 1. The summed E-state index contributed by atoms with van der Waals surface area (Å²) in [5.41, 5.74) is 0.135. The number of hydrogen-bond donors (Lipinski definition) is 1. The summed E-state index contributed by atoms with van der Waals surface area (Å²) >= 11 is 0. The monoisotopic (exact) mass is 237 g/mol. The van der Waals surface area contributed by atoms with Crippen LogP contribution in [0.4, 0.5) is 6.01 Å². The molecular weight excluding hydrogens is 218 g/mol. The highest BCUT2D eigenvalue weighted by Gasteiger charge is 2.38. The van der Waals surface area contributed by atoms with E-state index in [4.69, 9.17) is 4.42 Å². The Labute approximate surface area is 101 Å². The predicted octanol–water partition coefficient (Wildman–Crippen LogP) is 1.65. The van der Waals surface area contributed by atoms with Crippen molar-refractivity contribution < 1.29 is 9.21 Å². The second-order valence-corrected chi connectivity index (χ2v) is 5.54. The third-order valence-corrected chi connectivity index (χ3v) is 3.05. The van der Waals surface area contributed by atoms with Gasteiger partial charge < -0.3 is 4.42 Å². The van der Waals surface area contributed by atoms with Gasteiger partial charge in [0, 0.05) is 18.6 Å². The lowest BCUT2D eigenvalue weighted by Gasteiger charge is -2.46. The van der Waals surface area contributed by atoms with Crippen molar-refractivity contribution in [1.29, 1.82) is 0 Å². The fraction of sp³-hybridized carbons (Fsp3) is 0.667. The molecule has 1 aliphatic heterocycles. The van der Waals surface area contributed by atoms with E-state index in [2.05, 4.69) is 36.0 Å². The van der Waals surface area contributed by atoms with Gasteiger partial charge in [-0.25, -0.2) is 4.98 Å². The maximum absolute atomic E-state index is 11.8. The van der Waals surface area contributed by atoms with Crippen LogP contribution in [0.25, 0.3) is 0 Å². The summed E-state index contributed by atoms with van der Waals surface area (Å²) in [7, 11) is 0. The molecule has 1 N–H and O–H groups in total. The maximum atomic E-state index is 11.8. The molecule has 1 saturated heterocycles. The number of carbonyl (C=O) groups excluding carboxylic acids is 1. The van der Waals surface area contributed by atoms with E-state index < -0.39 is 0 Å². The molecule has 0 unspecified atom stereocenters. The first-order valence-electron chi connectivity index (χ1n) is 5.84. The molecule has 1 aromatic heterocycles. The average Bonchev–Trinajstić information content (AvgIpc) is 2.45. The molecular formula is C12H19N3O2. The van der Waals surface area contributed by atoms with Crippen LogP contribution < -0.4 is 5.32 Å². The van der Waals surface area contributed by atoms with Gasteiger partial charge in [-0.3, -0.25) is 15.0 Å². The number of aryl methyl sites for hydroxylation is 1. The number of aromatic nitrogens is 1. The van der Waals surface area contributed by atoms with Crippen molar-refractivity contribution in [1.82, 2.24) is 9.88 Å². The largest absolute Gasteiger partial charge is 0.429 e. The Bertz CT molecular complexity index is 414. The molecule has 0 spiro atoms. The first-order chi connectivity index (χ1) is 7.86. The van der Waals surface area contributed by atoms with Crippen LogP contribution in [0.3, 0.4) is 0 Å². The first-order valence-corrected chi connectivity index (χ1v) is 5.84. The number of oxazole rings is 1. The summed E-state index contributed by atoms with van der Waals surface area (Å²) in [4.78, 5) is 18.1. The van der Waals surface area contributed by atoms with Crippen molar-refractivity contribution in [3.8, 4) is 0 Å². The molecule has 2 rings (SSSR count). The fourth-order valence-corrected chi connectivity index (χ4v) is 1.81. The zero-order valence-electron chi connectivity index (χ0n) is 10.8. The minimum atomic E-state index is -0.00708. The van der Waals surface area contributed by atoms with Gasteiger partial charge in [0.15, 0.2) is 0 Å². The predicted molar refractivity (Wildman–Crippen MR) is 64.7 cm³/mol. The molecule has 5 heteroatoms. The van der Waals surface area contributed by atoms with Crippen molar-refractivity contribution in [2.24, 2.45) is 5.92 Å². The van der Waals surface area contributed by atoms with Gasteiger partial charge >= 0.3 is 6.01 Å².